The average Bonchev–Trinajstić information content (AvgIpc) is 3.06. The molecule has 0 radical (unpaired) electrons. The van der Waals surface area contributed by atoms with Crippen molar-refractivity contribution in [2.24, 2.45) is 0 Å². The molecule has 21 heavy (non-hydrogen) atoms. The molecule has 3 rings (SSSR count). The van der Waals surface area contributed by atoms with E-state index in [4.69, 9.17) is 0 Å². The van der Waals surface area contributed by atoms with E-state index in [1.807, 2.05) is 18.2 Å². The number of tetrazole rings is 1. The van der Waals surface area contributed by atoms with Crippen LogP contribution in [0.5, 0.6) is 0 Å². The third-order valence-corrected chi connectivity index (χ3v) is 6.82. The molecule has 3 aromatic rings. The molecule has 1 aromatic carbocycles. The first-order valence-electron chi connectivity index (χ1n) is 6.05. The summed E-state index contributed by atoms with van der Waals surface area (Å²) in [5, 5.41) is 12.7. The Morgan fingerprint density at radius 3 is 2.81 bits per heavy atom. The van der Waals surface area contributed by atoms with Gasteiger partial charge >= 0.3 is 0 Å². The van der Waals surface area contributed by atoms with Gasteiger partial charge in [0.1, 0.15) is 8.39 Å². The van der Waals surface area contributed by atoms with E-state index < -0.39 is 0 Å². The summed E-state index contributed by atoms with van der Waals surface area (Å²) in [6.07, 6.45) is 0.925. The maximum Gasteiger partial charge on any atom is 0.221 e. The summed E-state index contributed by atoms with van der Waals surface area (Å²) in [6.45, 7) is 2.12. The van der Waals surface area contributed by atoms with Crippen LogP contribution in [-0.4, -0.2) is 25.2 Å². The van der Waals surface area contributed by atoms with Crippen LogP contribution in [0, 0.1) is 0 Å². The Balaban J connectivity index is 1.97. The predicted octanol–water partition coefficient (Wildman–Crippen LogP) is 4.36. The van der Waals surface area contributed by atoms with Gasteiger partial charge in [0.2, 0.25) is 5.16 Å². The Hall–Kier alpha value is -0.770. The van der Waals surface area contributed by atoms with Crippen molar-refractivity contribution in [2.75, 3.05) is 0 Å². The van der Waals surface area contributed by atoms with Gasteiger partial charge in [-0.2, -0.15) is 4.68 Å². The van der Waals surface area contributed by atoms with Crippen molar-refractivity contribution in [1.82, 2.24) is 25.2 Å². The minimum absolute atomic E-state index is 0.699. The molecule has 2 heterocycles. The van der Waals surface area contributed by atoms with Crippen molar-refractivity contribution in [1.29, 1.82) is 0 Å². The largest absolute Gasteiger partial charge is 0.221 e. The highest BCUT2D eigenvalue weighted by atomic mass is 79.9. The molecule has 0 unspecified atom stereocenters. The Kier molecular flexibility index (Phi) is 4.72. The van der Waals surface area contributed by atoms with Crippen molar-refractivity contribution < 1.29 is 0 Å². The standard InChI is InChI=1S/C12H9Br2N5S2/c1-2-7-5-3-4-6-8(7)19-11(16-17-18-19)21-12-15-9(13)10(14)20-12/h3-6H,2H2,1H3. The fraction of sp³-hybridized carbons (Fsp3) is 0.167. The minimum atomic E-state index is 0.699. The van der Waals surface area contributed by atoms with Gasteiger partial charge in [-0.1, -0.05) is 36.5 Å². The first-order chi connectivity index (χ1) is 10.2. The monoisotopic (exact) mass is 445 g/mol. The Morgan fingerprint density at radius 1 is 1.29 bits per heavy atom. The van der Waals surface area contributed by atoms with Gasteiger partial charge in [-0.05, 0) is 72.1 Å². The van der Waals surface area contributed by atoms with Gasteiger partial charge in [-0.15, -0.1) is 5.10 Å². The summed E-state index contributed by atoms with van der Waals surface area (Å²) in [4.78, 5) is 4.40. The van der Waals surface area contributed by atoms with Crippen LogP contribution >= 0.6 is 55.0 Å². The summed E-state index contributed by atoms with van der Waals surface area (Å²) >= 11 is 9.81. The highest BCUT2D eigenvalue weighted by Crippen LogP contribution is 2.37. The lowest BCUT2D eigenvalue weighted by atomic mass is 10.1. The van der Waals surface area contributed by atoms with Gasteiger partial charge in [0.25, 0.3) is 0 Å². The third-order valence-electron chi connectivity index (χ3n) is 2.75. The van der Waals surface area contributed by atoms with Crippen LogP contribution in [0.15, 0.2) is 42.2 Å². The zero-order valence-corrected chi connectivity index (χ0v) is 15.6. The molecule has 2 aromatic heterocycles. The summed E-state index contributed by atoms with van der Waals surface area (Å²) < 4.78 is 4.38. The Bertz CT molecular complexity index is 751. The molecule has 0 aliphatic rings. The van der Waals surface area contributed by atoms with E-state index in [9.17, 15) is 0 Å². The summed E-state index contributed by atoms with van der Waals surface area (Å²) in [6, 6.07) is 8.12. The number of benzene rings is 1. The highest BCUT2D eigenvalue weighted by Gasteiger charge is 2.15. The average molecular weight is 447 g/mol. The normalized spacial score (nSPS) is 11.0. The van der Waals surface area contributed by atoms with E-state index in [0.717, 1.165) is 24.8 Å². The molecule has 0 aliphatic heterocycles. The second-order valence-electron chi connectivity index (χ2n) is 4.00. The molecule has 0 fully saturated rings. The molecule has 9 heteroatoms. The van der Waals surface area contributed by atoms with Crippen molar-refractivity contribution in [3.63, 3.8) is 0 Å². The van der Waals surface area contributed by atoms with Gasteiger partial charge in [-0.25, -0.2) is 4.98 Å². The number of aromatic nitrogens is 5. The molecule has 0 bridgehead atoms. The van der Waals surface area contributed by atoms with E-state index in [2.05, 4.69) is 65.4 Å². The number of rotatable bonds is 4. The first-order valence-corrected chi connectivity index (χ1v) is 9.27. The maximum atomic E-state index is 4.40. The smallest absolute Gasteiger partial charge is 0.221 e. The van der Waals surface area contributed by atoms with E-state index in [1.165, 1.54) is 28.7 Å². The number of nitrogens with zero attached hydrogens (tertiary/aromatic N) is 5. The summed E-state index contributed by atoms with van der Waals surface area (Å²) in [5.41, 5.74) is 2.20. The highest BCUT2D eigenvalue weighted by molar-refractivity contribution is 9.13. The molecule has 0 amide bonds. The number of thiazole rings is 1. The fourth-order valence-electron chi connectivity index (χ4n) is 1.80. The molecule has 5 nitrogen and oxygen atoms in total. The second-order valence-corrected chi connectivity index (χ2v) is 8.28. The predicted molar refractivity (Wildman–Crippen MR) is 90.2 cm³/mol. The SMILES string of the molecule is CCc1ccccc1-n1nnnc1Sc1nc(Br)c(Br)s1. The number of para-hydroxylation sites is 1. The van der Waals surface area contributed by atoms with Crippen LogP contribution in [0.3, 0.4) is 0 Å². The summed E-state index contributed by atoms with van der Waals surface area (Å²) in [7, 11) is 0. The molecule has 0 saturated heterocycles. The zero-order chi connectivity index (χ0) is 14.8. The third kappa shape index (κ3) is 3.20. The number of hydrogen-bond acceptors (Lipinski definition) is 6. The lowest BCUT2D eigenvalue weighted by molar-refractivity contribution is 0.747. The van der Waals surface area contributed by atoms with Crippen LogP contribution in [0.1, 0.15) is 12.5 Å². The van der Waals surface area contributed by atoms with Crippen molar-refractivity contribution in [2.45, 2.75) is 22.8 Å². The lowest BCUT2D eigenvalue weighted by Crippen LogP contribution is -2.02. The van der Waals surface area contributed by atoms with Gasteiger partial charge in [0.05, 0.1) is 5.69 Å². The first kappa shape index (κ1) is 15.1. The van der Waals surface area contributed by atoms with Gasteiger partial charge in [0, 0.05) is 0 Å². The second kappa shape index (κ2) is 6.55. The van der Waals surface area contributed by atoms with Gasteiger partial charge in [0.15, 0.2) is 4.34 Å². The van der Waals surface area contributed by atoms with Crippen molar-refractivity contribution in [3.8, 4) is 5.69 Å². The van der Waals surface area contributed by atoms with Crippen molar-refractivity contribution >= 4 is 55.0 Å². The van der Waals surface area contributed by atoms with Crippen LogP contribution < -0.4 is 0 Å². The Morgan fingerprint density at radius 2 is 2.10 bits per heavy atom. The zero-order valence-electron chi connectivity index (χ0n) is 10.8. The molecular weight excluding hydrogens is 438 g/mol. The number of hydrogen-bond donors (Lipinski definition) is 0. The lowest BCUT2D eigenvalue weighted by Gasteiger charge is -2.07. The van der Waals surface area contributed by atoms with E-state index in [0.29, 0.717) is 5.16 Å². The molecule has 0 spiro atoms. The number of halogens is 2. The molecule has 0 N–H and O–H groups in total. The molecular formula is C12H9Br2N5S2. The molecule has 108 valence electrons. The van der Waals surface area contributed by atoms with Crippen molar-refractivity contribution in [3.05, 3.63) is 38.2 Å². The van der Waals surface area contributed by atoms with E-state index >= 15 is 0 Å². The topological polar surface area (TPSA) is 56.5 Å². The Labute approximate surface area is 146 Å². The quantitative estimate of drug-likeness (QED) is 0.595. The fourth-order valence-corrected chi connectivity index (χ4v) is 4.97. The van der Waals surface area contributed by atoms with Gasteiger partial charge in [-0.3, -0.25) is 0 Å². The maximum absolute atomic E-state index is 4.40. The summed E-state index contributed by atoms with van der Waals surface area (Å²) in [5.74, 6) is 0. The van der Waals surface area contributed by atoms with Crippen LogP contribution in [0.4, 0.5) is 0 Å². The van der Waals surface area contributed by atoms with Crippen LogP contribution in [-0.2, 0) is 6.42 Å². The van der Waals surface area contributed by atoms with E-state index in [-0.39, 0.29) is 0 Å². The minimum Gasteiger partial charge on any atom is -0.221 e. The van der Waals surface area contributed by atoms with E-state index in [1.54, 1.807) is 4.68 Å². The van der Waals surface area contributed by atoms with Gasteiger partial charge < -0.3 is 0 Å². The molecule has 0 aliphatic carbocycles. The van der Waals surface area contributed by atoms with Crippen LogP contribution in [0.2, 0.25) is 0 Å². The number of aryl methyl sites for hydroxylation is 1. The molecule has 0 saturated carbocycles. The van der Waals surface area contributed by atoms with Crippen LogP contribution in [0.25, 0.3) is 5.69 Å². The molecule has 0 atom stereocenters.